The van der Waals surface area contributed by atoms with Crippen LogP contribution in [0.5, 0.6) is 0 Å². The molecule has 2 aromatic carbocycles. The van der Waals surface area contributed by atoms with Gasteiger partial charge < -0.3 is 0 Å². The number of hydrogen-bond donors (Lipinski definition) is 1. The summed E-state index contributed by atoms with van der Waals surface area (Å²) in [4.78, 5) is 18.2. The molecule has 3 heterocycles. The Labute approximate surface area is 190 Å². The molecule has 0 radical (unpaired) electrons. The third kappa shape index (κ3) is 4.03. The van der Waals surface area contributed by atoms with Gasteiger partial charge >= 0.3 is 0 Å². The lowest BCUT2D eigenvalue weighted by Crippen LogP contribution is -2.03. The van der Waals surface area contributed by atoms with E-state index in [9.17, 15) is 4.39 Å². The minimum atomic E-state index is -0.286. The molecule has 0 saturated heterocycles. The molecular formula is C25H22FN7. The Bertz CT molecular complexity index is 1490. The summed E-state index contributed by atoms with van der Waals surface area (Å²) in [5.41, 5.74) is 7.28. The number of benzene rings is 2. The number of hydrogen-bond acceptors (Lipinski definition) is 6. The van der Waals surface area contributed by atoms with Gasteiger partial charge in [-0.2, -0.15) is 5.10 Å². The average Bonchev–Trinajstić information content (AvgIpc) is 3.17. The monoisotopic (exact) mass is 439 g/mol. The van der Waals surface area contributed by atoms with Crippen LogP contribution < -0.4 is 5.32 Å². The molecule has 5 aromatic rings. The molecule has 0 atom stereocenters. The first-order chi connectivity index (χ1) is 15.9. The van der Waals surface area contributed by atoms with Crippen molar-refractivity contribution in [3.05, 3.63) is 83.2 Å². The van der Waals surface area contributed by atoms with Gasteiger partial charge in [-0.1, -0.05) is 0 Å². The molecule has 0 aliphatic heterocycles. The number of halogens is 1. The van der Waals surface area contributed by atoms with E-state index in [1.807, 2.05) is 26.1 Å². The predicted octanol–water partition coefficient (Wildman–Crippen LogP) is 5.39. The summed E-state index contributed by atoms with van der Waals surface area (Å²) < 4.78 is 15.0. The van der Waals surface area contributed by atoms with Gasteiger partial charge in [0.05, 0.1) is 28.3 Å². The van der Waals surface area contributed by atoms with E-state index >= 15 is 0 Å². The maximum absolute atomic E-state index is 13.3. The van der Waals surface area contributed by atoms with E-state index in [2.05, 4.69) is 56.3 Å². The molecule has 0 aliphatic rings. The van der Waals surface area contributed by atoms with Crippen LogP contribution in [0.2, 0.25) is 0 Å². The van der Waals surface area contributed by atoms with Crippen LogP contribution in [-0.4, -0.2) is 29.7 Å². The Morgan fingerprint density at radius 1 is 0.818 bits per heavy atom. The standard InChI is InChI=1S/C25H22FN7/c1-14-11-20-16(3)28-25(30-23(20)12-15(14)2)31-24-27-10-9-22(29-24)21-13-33(32-17(21)4)19-7-5-18(26)6-8-19/h5-13H,1-4H3,(H,27,28,29,30,31). The summed E-state index contributed by atoms with van der Waals surface area (Å²) in [6.07, 6.45) is 3.55. The first-order valence-electron chi connectivity index (χ1n) is 10.6. The molecule has 0 bridgehead atoms. The van der Waals surface area contributed by atoms with E-state index < -0.39 is 0 Å². The van der Waals surface area contributed by atoms with Crippen molar-refractivity contribution in [2.24, 2.45) is 0 Å². The molecule has 8 heteroatoms. The number of aryl methyl sites for hydroxylation is 4. The first kappa shape index (κ1) is 20.7. The molecule has 0 amide bonds. The fourth-order valence-electron chi connectivity index (χ4n) is 3.70. The lowest BCUT2D eigenvalue weighted by atomic mass is 10.1. The van der Waals surface area contributed by atoms with E-state index in [4.69, 9.17) is 0 Å². The second-order valence-electron chi connectivity index (χ2n) is 8.03. The second kappa shape index (κ2) is 8.05. The topological polar surface area (TPSA) is 81.4 Å². The fourth-order valence-corrected chi connectivity index (χ4v) is 3.70. The smallest absolute Gasteiger partial charge is 0.230 e. The van der Waals surface area contributed by atoms with Crippen molar-refractivity contribution < 1.29 is 4.39 Å². The summed E-state index contributed by atoms with van der Waals surface area (Å²) >= 11 is 0. The quantitative estimate of drug-likeness (QED) is 0.404. The van der Waals surface area contributed by atoms with Crippen LogP contribution in [0.4, 0.5) is 16.3 Å². The van der Waals surface area contributed by atoms with Crippen molar-refractivity contribution in [1.82, 2.24) is 29.7 Å². The highest BCUT2D eigenvalue weighted by molar-refractivity contribution is 5.83. The van der Waals surface area contributed by atoms with Crippen LogP contribution in [0.3, 0.4) is 0 Å². The van der Waals surface area contributed by atoms with Crippen LogP contribution in [0.25, 0.3) is 27.8 Å². The lowest BCUT2D eigenvalue weighted by molar-refractivity contribution is 0.627. The Kier molecular flexibility index (Phi) is 5.05. The second-order valence-corrected chi connectivity index (χ2v) is 8.03. The molecular weight excluding hydrogens is 417 g/mol. The minimum absolute atomic E-state index is 0.286. The molecule has 0 aliphatic carbocycles. The van der Waals surface area contributed by atoms with Crippen LogP contribution in [0.15, 0.2) is 54.9 Å². The molecule has 5 rings (SSSR count). The summed E-state index contributed by atoms with van der Waals surface area (Å²) in [7, 11) is 0. The Morgan fingerprint density at radius 2 is 1.58 bits per heavy atom. The van der Waals surface area contributed by atoms with Crippen molar-refractivity contribution >= 4 is 22.8 Å². The third-order valence-corrected chi connectivity index (χ3v) is 5.65. The molecule has 7 nitrogen and oxygen atoms in total. The van der Waals surface area contributed by atoms with E-state index in [1.54, 1.807) is 23.0 Å². The molecule has 3 aromatic heterocycles. The van der Waals surface area contributed by atoms with Gasteiger partial charge in [-0.15, -0.1) is 0 Å². The van der Waals surface area contributed by atoms with Gasteiger partial charge in [0.15, 0.2) is 0 Å². The zero-order chi connectivity index (χ0) is 23.1. The van der Waals surface area contributed by atoms with Crippen LogP contribution in [-0.2, 0) is 0 Å². The zero-order valence-electron chi connectivity index (χ0n) is 18.8. The van der Waals surface area contributed by atoms with E-state index in [1.165, 1.54) is 23.3 Å². The van der Waals surface area contributed by atoms with Crippen molar-refractivity contribution in [2.45, 2.75) is 27.7 Å². The molecule has 0 fully saturated rings. The van der Waals surface area contributed by atoms with Gasteiger partial charge in [0.25, 0.3) is 0 Å². The highest BCUT2D eigenvalue weighted by Crippen LogP contribution is 2.25. The number of fused-ring (bicyclic) bond motifs is 1. The van der Waals surface area contributed by atoms with E-state index in [0.717, 1.165) is 33.5 Å². The third-order valence-electron chi connectivity index (χ3n) is 5.65. The van der Waals surface area contributed by atoms with E-state index in [-0.39, 0.29) is 5.82 Å². The normalized spacial score (nSPS) is 11.2. The Balaban J connectivity index is 1.47. The van der Waals surface area contributed by atoms with Crippen molar-refractivity contribution in [1.29, 1.82) is 0 Å². The van der Waals surface area contributed by atoms with Gasteiger partial charge in [-0.05, 0) is 81.3 Å². The lowest BCUT2D eigenvalue weighted by Gasteiger charge is -2.09. The molecule has 1 N–H and O–H groups in total. The first-order valence-corrected chi connectivity index (χ1v) is 10.6. The highest BCUT2D eigenvalue weighted by atomic mass is 19.1. The Morgan fingerprint density at radius 3 is 2.36 bits per heavy atom. The highest BCUT2D eigenvalue weighted by Gasteiger charge is 2.13. The van der Waals surface area contributed by atoms with Gasteiger partial charge in [-0.3, -0.25) is 5.32 Å². The van der Waals surface area contributed by atoms with E-state index in [0.29, 0.717) is 17.6 Å². The number of anilines is 2. The largest absolute Gasteiger partial charge is 0.293 e. The average molecular weight is 439 g/mol. The summed E-state index contributed by atoms with van der Waals surface area (Å²) in [6.45, 7) is 8.03. The summed E-state index contributed by atoms with van der Waals surface area (Å²) in [5.74, 6) is 0.550. The number of aromatic nitrogens is 6. The van der Waals surface area contributed by atoms with Crippen molar-refractivity contribution in [3.63, 3.8) is 0 Å². The van der Waals surface area contributed by atoms with Gasteiger partial charge in [0.1, 0.15) is 5.82 Å². The van der Waals surface area contributed by atoms with Crippen LogP contribution in [0, 0.1) is 33.5 Å². The summed E-state index contributed by atoms with van der Waals surface area (Å²) in [6, 6.07) is 12.2. The van der Waals surface area contributed by atoms with Crippen LogP contribution in [0.1, 0.15) is 22.5 Å². The maximum atomic E-state index is 13.3. The van der Waals surface area contributed by atoms with Crippen molar-refractivity contribution in [2.75, 3.05) is 5.32 Å². The number of rotatable bonds is 4. The van der Waals surface area contributed by atoms with Crippen molar-refractivity contribution in [3.8, 4) is 16.9 Å². The number of nitrogens with one attached hydrogen (secondary N) is 1. The SMILES string of the molecule is Cc1cc2nc(Nc3nccc(-c4cn(-c5ccc(F)cc5)nc4C)n3)nc(C)c2cc1C. The fraction of sp³-hybridized carbons (Fsp3) is 0.160. The summed E-state index contributed by atoms with van der Waals surface area (Å²) in [5, 5.41) is 8.71. The molecule has 0 saturated carbocycles. The molecule has 0 unspecified atom stereocenters. The Hall–Kier alpha value is -4.20. The van der Waals surface area contributed by atoms with Gasteiger partial charge in [-0.25, -0.2) is 29.0 Å². The predicted molar refractivity (Wildman–Crippen MR) is 126 cm³/mol. The van der Waals surface area contributed by atoms with Crippen LogP contribution >= 0.6 is 0 Å². The maximum Gasteiger partial charge on any atom is 0.230 e. The molecule has 0 spiro atoms. The zero-order valence-corrected chi connectivity index (χ0v) is 18.8. The molecule has 164 valence electrons. The molecule has 33 heavy (non-hydrogen) atoms. The van der Waals surface area contributed by atoms with Gasteiger partial charge in [0.2, 0.25) is 11.9 Å². The number of nitrogens with zero attached hydrogens (tertiary/aromatic N) is 6. The minimum Gasteiger partial charge on any atom is -0.293 e. The van der Waals surface area contributed by atoms with Gasteiger partial charge in [0, 0.05) is 23.3 Å².